The Labute approximate surface area is 508 Å². The molecule has 0 saturated heterocycles. The third kappa shape index (κ3) is 68.7. The van der Waals surface area contributed by atoms with Crippen molar-refractivity contribution in [2.45, 2.75) is 245 Å². The molecular weight excluding hydrogens is 1010 g/mol. The van der Waals surface area contributed by atoms with E-state index in [9.17, 15) is 9.59 Å². The summed E-state index contributed by atoms with van der Waals surface area (Å²) in [7, 11) is 3.09. The molecule has 82 heavy (non-hydrogen) atoms. The highest BCUT2D eigenvalue weighted by atomic mass is 16.5. The van der Waals surface area contributed by atoms with Gasteiger partial charge in [0, 0.05) is 20.2 Å². The van der Waals surface area contributed by atoms with Gasteiger partial charge in [-0.3, -0.25) is 0 Å². The van der Waals surface area contributed by atoms with E-state index in [0.717, 1.165) is 11.3 Å². The van der Waals surface area contributed by atoms with Gasteiger partial charge in [-0.2, -0.15) is 0 Å². The summed E-state index contributed by atoms with van der Waals surface area (Å²) in [6.45, 7) is 39.5. The summed E-state index contributed by atoms with van der Waals surface area (Å²) in [6.07, 6.45) is 22.5. The second-order valence-electron chi connectivity index (χ2n) is 13.6. The number of hydrogen-bond acceptors (Lipinski definition) is 7. The number of hydrogen-bond donors (Lipinski definition) is 4. The van der Waals surface area contributed by atoms with Crippen LogP contribution in [0.4, 0.5) is 21.0 Å². The largest absolute Gasteiger partial charge is 0.439 e. The van der Waals surface area contributed by atoms with Gasteiger partial charge in [0.25, 0.3) is 0 Å². The molecule has 4 N–H and O–H groups in total. The molecular formula is C71H123N7O4. The molecule has 4 aromatic rings. The zero-order chi connectivity index (χ0) is 60.9. The number of amides is 4. The molecule has 2 fully saturated rings. The molecule has 0 spiro atoms. The van der Waals surface area contributed by atoms with Gasteiger partial charge in [-0.15, -0.1) is 0 Å². The molecule has 2 aliphatic carbocycles. The van der Waals surface area contributed by atoms with Crippen LogP contribution in [-0.4, -0.2) is 41.1 Å². The maximum Gasteiger partial charge on any atom is 0.322 e. The zero-order valence-corrected chi connectivity index (χ0v) is 53.0. The van der Waals surface area contributed by atoms with E-state index >= 15 is 0 Å². The van der Waals surface area contributed by atoms with E-state index in [-0.39, 0.29) is 47.8 Å². The Hall–Kier alpha value is -7.39. The van der Waals surface area contributed by atoms with Crippen molar-refractivity contribution in [3.8, 4) is 82.6 Å². The number of carbonyl (C=O) groups is 2. The number of urea groups is 2. The lowest BCUT2D eigenvalue weighted by atomic mass is 10.0. The topological polar surface area (TPSA) is 139 Å². The van der Waals surface area contributed by atoms with Crippen molar-refractivity contribution in [2.75, 3.05) is 24.7 Å². The number of carbonyl (C=O) groups excluding carboxylic acids is 2. The SMILES string of the molecule is C.C.C.C.C1CCCCC1.C1CCCCC1.CC.CC.CC.CC.CC.CC.CC.CC.CC#CC#CC#CC#CC#CC.CNC(=O)Nc1ccc(Oc2ccc(C)cc2)nc1.CNC(=O)Nc1cnc(Oc2ccc(C)cc2)nc1. The average Bonchev–Trinajstić information content (AvgIpc) is 3.53. The fourth-order valence-corrected chi connectivity index (χ4v) is 5.21. The highest BCUT2D eigenvalue weighted by molar-refractivity contribution is 5.89. The van der Waals surface area contributed by atoms with Gasteiger partial charge in [-0.25, -0.2) is 24.5 Å². The number of benzene rings is 2. The van der Waals surface area contributed by atoms with Gasteiger partial charge in [0.2, 0.25) is 5.88 Å². The predicted octanol–water partition coefficient (Wildman–Crippen LogP) is 21.7. The first-order valence-corrected chi connectivity index (χ1v) is 28.8. The first-order chi connectivity index (χ1) is 38.3. The van der Waals surface area contributed by atoms with Crippen LogP contribution in [0.15, 0.2) is 79.3 Å². The number of ether oxygens (including phenoxy) is 2. The predicted molar refractivity (Wildman–Crippen MR) is 368 cm³/mol. The van der Waals surface area contributed by atoms with E-state index in [1.165, 1.54) is 102 Å². The molecule has 0 bridgehead atoms. The monoisotopic (exact) mass is 1140 g/mol. The third-order valence-electron chi connectivity index (χ3n) is 8.50. The van der Waals surface area contributed by atoms with Crippen LogP contribution in [0.2, 0.25) is 0 Å². The van der Waals surface area contributed by atoms with Crippen molar-refractivity contribution in [1.29, 1.82) is 0 Å². The standard InChI is InChI=1S/C14H15N3O2.C13H14N4O2.C12H6.2C6H12.8C2H6.4CH4/c1-10-3-6-12(7-4-10)19-13-8-5-11(9-16-13)17-14(18)15-2;1-9-3-5-11(6-4-9)19-13-15-7-10(8-16-13)17-12(18)14-2;1-3-5-7-9-11-12-10-8-6-4-2;2*1-2-4-6-5-3-1;8*1-2;;;;/h3-9H,1-2H3,(H2,15,17,18);3-8H,1-2H3,(H2,14,17,18);1-2H3;2*1-6H2;8*1-2H3;4*1H4. The Bertz CT molecular complexity index is 2030. The van der Waals surface area contributed by atoms with Crippen LogP contribution >= 0.6 is 0 Å². The molecule has 2 aliphatic rings. The molecule has 0 atom stereocenters. The Morgan fingerprint density at radius 3 is 0.915 bits per heavy atom. The summed E-state index contributed by atoms with van der Waals surface area (Å²) in [5.74, 6) is 27.4. The summed E-state index contributed by atoms with van der Waals surface area (Å²) in [5.41, 5.74) is 3.43. The first kappa shape index (κ1) is 99.9. The summed E-state index contributed by atoms with van der Waals surface area (Å²) >= 11 is 0. The van der Waals surface area contributed by atoms with Gasteiger partial charge in [-0.1, -0.05) is 265 Å². The maximum atomic E-state index is 11.1. The molecule has 2 heterocycles. The molecule has 6 rings (SSSR count). The second kappa shape index (κ2) is 87.5. The van der Waals surface area contributed by atoms with Crippen LogP contribution in [0.3, 0.4) is 0 Å². The number of aryl methyl sites for hydroxylation is 2. The second-order valence-corrected chi connectivity index (χ2v) is 13.6. The minimum absolute atomic E-state index is 0. The minimum atomic E-state index is -0.323. The molecule has 11 heteroatoms. The Morgan fingerprint density at radius 2 is 0.646 bits per heavy atom. The van der Waals surface area contributed by atoms with Crippen LogP contribution in [0.5, 0.6) is 23.4 Å². The lowest BCUT2D eigenvalue weighted by molar-refractivity contribution is 0.253. The quantitative estimate of drug-likeness (QED) is 0.141. The molecule has 466 valence electrons. The van der Waals surface area contributed by atoms with Crippen LogP contribution in [0, 0.1) is 73.1 Å². The maximum absolute atomic E-state index is 11.1. The van der Waals surface area contributed by atoms with E-state index in [1.54, 1.807) is 39.2 Å². The third-order valence-corrected chi connectivity index (χ3v) is 8.50. The zero-order valence-electron chi connectivity index (χ0n) is 53.0. The highest BCUT2D eigenvalue weighted by Crippen LogP contribution is 2.21. The lowest BCUT2D eigenvalue weighted by Crippen LogP contribution is -2.24. The number of anilines is 2. The van der Waals surface area contributed by atoms with E-state index in [2.05, 4.69) is 95.4 Å². The molecule has 0 unspecified atom stereocenters. The molecule has 4 amide bonds. The van der Waals surface area contributed by atoms with Crippen molar-refractivity contribution in [3.63, 3.8) is 0 Å². The van der Waals surface area contributed by atoms with Crippen molar-refractivity contribution >= 4 is 23.4 Å². The van der Waals surface area contributed by atoms with Crippen LogP contribution in [0.25, 0.3) is 0 Å². The Kier molecular flexibility index (Phi) is 107. The number of pyridine rings is 1. The van der Waals surface area contributed by atoms with E-state index < -0.39 is 0 Å². The van der Waals surface area contributed by atoms with Gasteiger partial charge < -0.3 is 30.7 Å². The van der Waals surface area contributed by atoms with Crippen LogP contribution in [0.1, 0.15) is 243 Å². The summed E-state index contributed by atoms with van der Waals surface area (Å²) in [4.78, 5) is 34.3. The van der Waals surface area contributed by atoms with Gasteiger partial charge in [0.05, 0.1) is 30.0 Å². The lowest BCUT2D eigenvalue weighted by Gasteiger charge is -2.07. The van der Waals surface area contributed by atoms with Gasteiger partial charge in [-0.05, 0) is 105 Å². The van der Waals surface area contributed by atoms with Crippen molar-refractivity contribution in [1.82, 2.24) is 25.6 Å². The molecule has 11 nitrogen and oxygen atoms in total. The normalized spacial score (nSPS) is 9.20. The van der Waals surface area contributed by atoms with Crippen molar-refractivity contribution in [3.05, 3.63) is 90.4 Å². The Balaban J connectivity index is -0.0000000828. The van der Waals surface area contributed by atoms with Gasteiger partial charge in [0.15, 0.2) is 0 Å². The molecule has 2 aromatic heterocycles. The fourth-order valence-electron chi connectivity index (χ4n) is 5.21. The van der Waals surface area contributed by atoms with Crippen molar-refractivity contribution in [2.24, 2.45) is 0 Å². The van der Waals surface area contributed by atoms with Gasteiger partial charge in [0.1, 0.15) is 11.5 Å². The number of aromatic nitrogens is 3. The van der Waals surface area contributed by atoms with Gasteiger partial charge >= 0.3 is 18.1 Å². The summed E-state index contributed by atoms with van der Waals surface area (Å²) in [5, 5.41) is 10.1. The minimum Gasteiger partial charge on any atom is -0.439 e. The fraction of sp³-hybridized carbons (Fsp3) is 0.535. The average molecular weight is 1140 g/mol. The molecule has 0 aliphatic heterocycles. The Morgan fingerprint density at radius 1 is 0.378 bits per heavy atom. The van der Waals surface area contributed by atoms with E-state index in [0.29, 0.717) is 23.0 Å². The smallest absolute Gasteiger partial charge is 0.322 e. The summed E-state index contributed by atoms with van der Waals surface area (Å²) < 4.78 is 11.0. The molecule has 2 saturated carbocycles. The number of nitrogens with zero attached hydrogens (tertiary/aromatic N) is 3. The van der Waals surface area contributed by atoms with E-state index in [1.807, 2.05) is 173 Å². The molecule has 2 aromatic carbocycles. The van der Waals surface area contributed by atoms with Crippen LogP contribution < -0.4 is 30.7 Å². The summed E-state index contributed by atoms with van der Waals surface area (Å²) in [6, 6.07) is 18.3. The first-order valence-electron chi connectivity index (χ1n) is 28.8. The van der Waals surface area contributed by atoms with E-state index in [4.69, 9.17) is 9.47 Å². The number of rotatable bonds is 6. The number of nitrogens with one attached hydrogen (secondary N) is 4. The highest BCUT2D eigenvalue weighted by Gasteiger charge is 2.04. The van der Waals surface area contributed by atoms with Crippen LogP contribution in [-0.2, 0) is 0 Å². The van der Waals surface area contributed by atoms with Crippen molar-refractivity contribution < 1.29 is 19.1 Å². The molecule has 0 radical (unpaired) electrons.